The molecule has 1 aliphatic heterocycles. The first-order valence-corrected chi connectivity index (χ1v) is 12.7. The van der Waals surface area contributed by atoms with Gasteiger partial charge < -0.3 is 15.5 Å². The van der Waals surface area contributed by atoms with Crippen molar-refractivity contribution in [3.63, 3.8) is 0 Å². The summed E-state index contributed by atoms with van der Waals surface area (Å²) in [7, 11) is -3.27. The molecule has 2 aromatic rings. The Morgan fingerprint density at radius 1 is 1.10 bits per heavy atom. The van der Waals surface area contributed by atoms with Crippen LogP contribution in [0.15, 0.2) is 46.9 Å². The molecule has 2 aromatic carbocycles. The zero-order valence-corrected chi connectivity index (χ0v) is 20.0. The van der Waals surface area contributed by atoms with E-state index in [4.69, 9.17) is 0 Å². The summed E-state index contributed by atoms with van der Waals surface area (Å²) in [5.41, 5.74) is 3.19. The zero-order chi connectivity index (χ0) is 22.1. The molecular formula is C23H30BrNO4S. The number of aromatic hydroxyl groups is 1. The molecule has 3 atom stereocenters. The molecule has 164 valence electrons. The average molecular weight is 496 g/mol. The molecule has 1 fully saturated rings. The summed E-state index contributed by atoms with van der Waals surface area (Å²) in [5.74, 6) is -0.376. The first kappa shape index (κ1) is 23.3. The highest BCUT2D eigenvalue weighted by atomic mass is 79.9. The minimum Gasteiger partial charge on any atom is -0.507 e. The standard InChI is InChI=1S/C23H30BrNO4S/c1-23(2,3)18-6-4-5-16(10-18)12-25-20-14-30(28,29)13-17(22(20)27)9-15-7-8-21(26)19(24)11-15/h4-8,10-11,17,20,22,25-27H,9,12-14H2,1-3H3/t17-,20-,22-/m0/s1. The summed E-state index contributed by atoms with van der Waals surface area (Å²) < 4.78 is 25.6. The lowest BCUT2D eigenvalue weighted by atomic mass is 9.86. The van der Waals surface area contributed by atoms with E-state index in [0.717, 1.165) is 11.1 Å². The second-order valence-corrected chi connectivity index (χ2v) is 12.3. The topological polar surface area (TPSA) is 86.6 Å². The zero-order valence-electron chi connectivity index (χ0n) is 17.6. The smallest absolute Gasteiger partial charge is 0.152 e. The van der Waals surface area contributed by atoms with Gasteiger partial charge in [0.1, 0.15) is 5.75 Å². The van der Waals surface area contributed by atoms with Crippen LogP contribution in [0, 0.1) is 5.92 Å². The number of benzene rings is 2. The van der Waals surface area contributed by atoms with E-state index in [2.05, 4.69) is 54.2 Å². The molecule has 0 unspecified atom stereocenters. The fraction of sp³-hybridized carbons (Fsp3) is 0.478. The molecule has 3 N–H and O–H groups in total. The predicted octanol–water partition coefficient (Wildman–Crippen LogP) is 3.56. The fourth-order valence-electron chi connectivity index (χ4n) is 3.93. The van der Waals surface area contributed by atoms with Gasteiger partial charge in [0.05, 0.1) is 22.1 Å². The molecule has 0 radical (unpaired) electrons. The van der Waals surface area contributed by atoms with Gasteiger partial charge in [0, 0.05) is 18.5 Å². The van der Waals surface area contributed by atoms with E-state index < -0.39 is 27.9 Å². The van der Waals surface area contributed by atoms with E-state index in [0.29, 0.717) is 17.4 Å². The molecule has 1 saturated heterocycles. The van der Waals surface area contributed by atoms with Gasteiger partial charge >= 0.3 is 0 Å². The van der Waals surface area contributed by atoms with Gasteiger partial charge in [-0.3, -0.25) is 0 Å². The molecule has 3 rings (SSSR count). The van der Waals surface area contributed by atoms with Gasteiger partial charge in [-0.2, -0.15) is 0 Å². The second kappa shape index (κ2) is 8.99. The van der Waals surface area contributed by atoms with Crippen molar-refractivity contribution in [3.05, 3.63) is 63.6 Å². The minimum absolute atomic E-state index is 0.0349. The minimum atomic E-state index is -3.27. The highest BCUT2D eigenvalue weighted by Crippen LogP contribution is 2.29. The Balaban J connectivity index is 1.72. The summed E-state index contributed by atoms with van der Waals surface area (Å²) in [6, 6.07) is 12.8. The maximum Gasteiger partial charge on any atom is 0.152 e. The Labute approximate surface area is 187 Å². The maximum absolute atomic E-state index is 12.5. The number of hydrogen-bond acceptors (Lipinski definition) is 5. The highest BCUT2D eigenvalue weighted by molar-refractivity contribution is 9.10. The van der Waals surface area contributed by atoms with Crippen LogP contribution in [-0.2, 0) is 28.2 Å². The van der Waals surface area contributed by atoms with Gasteiger partial charge in [-0.25, -0.2) is 8.42 Å². The molecule has 5 nitrogen and oxygen atoms in total. The van der Waals surface area contributed by atoms with Gasteiger partial charge in [-0.15, -0.1) is 0 Å². The van der Waals surface area contributed by atoms with Crippen LogP contribution < -0.4 is 5.32 Å². The van der Waals surface area contributed by atoms with Gasteiger partial charge in [-0.05, 0) is 56.6 Å². The summed E-state index contributed by atoms with van der Waals surface area (Å²) in [6.45, 7) is 6.97. The molecular weight excluding hydrogens is 466 g/mol. The van der Waals surface area contributed by atoms with Crippen molar-refractivity contribution < 1.29 is 18.6 Å². The van der Waals surface area contributed by atoms with Crippen molar-refractivity contribution in [3.8, 4) is 5.75 Å². The number of rotatable bonds is 5. The predicted molar refractivity (Wildman–Crippen MR) is 123 cm³/mol. The van der Waals surface area contributed by atoms with E-state index in [-0.39, 0.29) is 22.7 Å². The number of nitrogens with one attached hydrogen (secondary N) is 1. The number of aliphatic hydroxyl groups excluding tert-OH is 1. The first-order valence-electron chi connectivity index (χ1n) is 10.1. The SMILES string of the molecule is CC(C)(C)c1cccc(CN[C@H]2CS(=O)(=O)C[C@H](Cc3ccc(O)c(Br)c3)[C@@H]2O)c1. The van der Waals surface area contributed by atoms with Crippen molar-refractivity contribution in [2.24, 2.45) is 5.92 Å². The third-order valence-corrected chi connectivity index (χ3v) is 8.11. The van der Waals surface area contributed by atoms with E-state index in [1.807, 2.05) is 12.1 Å². The normalized spacial score (nSPS) is 24.0. The Morgan fingerprint density at radius 2 is 1.83 bits per heavy atom. The summed E-state index contributed by atoms with van der Waals surface area (Å²) in [6.07, 6.45) is -0.344. The number of hydrogen-bond donors (Lipinski definition) is 3. The molecule has 0 aromatic heterocycles. The van der Waals surface area contributed by atoms with Crippen molar-refractivity contribution in [1.29, 1.82) is 0 Å². The summed E-state index contributed by atoms with van der Waals surface area (Å²) in [5, 5.41) is 23.9. The van der Waals surface area contributed by atoms with Crippen molar-refractivity contribution >= 4 is 25.8 Å². The number of sulfone groups is 1. The van der Waals surface area contributed by atoms with Crippen LogP contribution in [0.4, 0.5) is 0 Å². The van der Waals surface area contributed by atoms with Crippen LogP contribution in [0.2, 0.25) is 0 Å². The van der Waals surface area contributed by atoms with E-state index >= 15 is 0 Å². The first-order chi connectivity index (χ1) is 13.9. The van der Waals surface area contributed by atoms with Crippen LogP contribution in [0.1, 0.15) is 37.5 Å². The largest absolute Gasteiger partial charge is 0.507 e. The molecule has 30 heavy (non-hydrogen) atoms. The third-order valence-electron chi connectivity index (χ3n) is 5.67. The Hall–Kier alpha value is -1.41. The van der Waals surface area contributed by atoms with Crippen LogP contribution >= 0.6 is 15.9 Å². The van der Waals surface area contributed by atoms with E-state index in [9.17, 15) is 18.6 Å². The molecule has 0 aliphatic carbocycles. The molecule has 0 bridgehead atoms. The summed E-state index contributed by atoms with van der Waals surface area (Å²) >= 11 is 3.29. The lowest BCUT2D eigenvalue weighted by molar-refractivity contribution is 0.0781. The number of aliphatic hydroxyl groups is 1. The Morgan fingerprint density at radius 3 is 2.50 bits per heavy atom. The molecule has 0 saturated carbocycles. The number of phenolic OH excluding ortho intramolecular Hbond substituents is 1. The molecule has 0 spiro atoms. The van der Waals surface area contributed by atoms with Crippen LogP contribution in [0.5, 0.6) is 5.75 Å². The number of halogens is 1. The van der Waals surface area contributed by atoms with Crippen molar-refractivity contribution in [2.45, 2.75) is 51.3 Å². The summed E-state index contributed by atoms with van der Waals surface area (Å²) in [4.78, 5) is 0. The monoisotopic (exact) mass is 495 g/mol. The van der Waals surface area contributed by atoms with Crippen LogP contribution in [-0.4, -0.2) is 42.3 Å². The molecule has 1 heterocycles. The van der Waals surface area contributed by atoms with Gasteiger partial charge in [0.15, 0.2) is 9.84 Å². The number of phenols is 1. The quantitative estimate of drug-likeness (QED) is 0.590. The van der Waals surface area contributed by atoms with Gasteiger partial charge in [0.2, 0.25) is 0 Å². The lowest BCUT2D eigenvalue weighted by Crippen LogP contribution is -2.54. The van der Waals surface area contributed by atoms with Crippen LogP contribution in [0.3, 0.4) is 0 Å². The van der Waals surface area contributed by atoms with Crippen molar-refractivity contribution in [1.82, 2.24) is 5.32 Å². The fourth-order valence-corrected chi connectivity index (χ4v) is 6.32. The Bertz CT molecular complexity index is 1000. The van der Waals surface area contributed by atoms with E-state index in [1.54, 1.807) is 18.2 Å². The average Bonchev–Trinajstić information content (AvgIpc) is 2.65. The van der Waals surface area contributed by atoms with Crippen molar-refractivity contribution in [2.75, 3.05) is 11.5 Å². The lowest BCUT2D eigenvalue weighted by Gasteiger charge is -2.35. The Kier molecular flexibility index (Phi) is 6.97. The van der Waals surface area contributed by atoms with Crippen LogP contribution in [0.25, 0.3) is 0 Å². The van der Waals surface area contributed by atoms with Gasteiger partial charge in [0.25, 0.3) is 0 Å². The second-order valence-electron chi connectivity index (χ2n) is 9.26. The molecule has 1 aliphatic rings. The maximum atomic E-state index is 12.5. The van der Waals surface area contributed by atoms with E-state index in [1.165, 1.54) is 5.56 Å². The van der Waals surface area contributed by atoms with Gasteiger partial charge in [-0.1, -0.05) is 51.1 Å². The highest BCUT2D eigenvalue weighted by Gasteiger charge is 2.39. The third kappa shape index (κ3) is 5.84. The molecule has 7 heteroatoms. The molecule has 0 amide bonds.